The molecule has 0 aliphatic carbocycles. The van der Waals surface area contributed by atoms with Gasteiger partial charge in [0.25, 0.3) is 0 Å². The van der Waals surface area contributed by atoms with Crippen LogP contribution in [0.25, 0.3) is 0 Å². The van der Waals surface area contributed by atoms with Crippen molar-refractivity contribution < 1.29 is 4.74 Å². The molecule has 0 saturated heterocycles. The molecule has 1 unspecified atom stereocenters. The lowest BCUT2D eigenvalue weighted by Gasteiger charge is -2.39. The van der Waals surface area contributed by atoms with Crippen LogP contribution in [0.5, 0.6) is 5.75 Å². The summed E-state index contributed by atoms with van der Waals surface area (Å²) in [6, 6.07) is 3.68. The second-order valence-electron chi connectivity index (χ2n) is 4.84. The van der Waals surface area contributed by atoms with Gasteiger partial charge in [-0.3, -0.25) is 4.90 Å². The summed E-state index contributed by atoms with van der Waals surface area (Å²) in [6.45, 7) is 1.20. The van der Waals surface area contributed by atoms with Crippen LogP contribution in [0.2, 0.25) is 10.0 Å². The van der Waals surface area contributed by atoms with E-state index in [1.165, 1.54) is 0 Å². The van der Waals surface area contributed by atoms with E-state index < -0.39 is 0 Å². The first kappa shape index (κ1) is 13.9. The molecule has 1 aliphatic heterocycles. The Bertz CT molecular complexity index is 451. The average Bonchev–Trinajstić information content (AvgIpc) is 2.50. The number of nitrogens with two attached hydrogens (primary N) is 1. The summed E-state index contributed by atoms with van der Waals surface area (Å²) < 4.78 is 5.77. The minimum absolute atomic E-state index is 0.236. The second-order valence-corrected chi connectivity index (χ2v) is 5.66. The molecule has 0 amide bonds. The zero-order valence-electron chi connectivity index (χ0n) is 10.7. The molecule has 0 bridgehead atoms. The molecule has 0 spiro atoms. The van der Waals surface area contributed by atoms with Gasteiger partial charge in [0.1, 0.15) is 5.75 Å². The zero-order valence-corrected chi connectivity index (χ0v) is 12.2. The third-order valence-electron chi connectivity index (χ3n) is 3.71. The predicted octanol–water partition coefficient (Wildman–Crippen LogP) is 2.88. The molecule has 1 heterocycles. The van der Waals surface area contributed by atoms with Gasteiger partial charge >= 0.3 is 0 Å². The van der Waals surface area contributed by atoms with Crippen molar-refractivity contribution in [1.82, 2.24) is 4.90 Å². The van der Waals surface area contributed by atoms with Crippen LogP contribution in [0.15, 0.2) is 12.1 Å². The lowest BCUT2D eigenvalue weighted by Crippen LogP contribution is -2.47. The van der Waals surface area contributed by atoms with E-state index in [9.17, 15) is 0 Å². The minimum atomic E-state index is -0.236. The molecule has 1 atom stereocenters. The lowest BCUT2D eigenvalue weighted by atomic mass is 9.84. The standard InChI is InChI=1S/C13H18Cl2N2O/c1-17(2)13(8-16)4-3-5-18-12-7-11(15)10(14)6-9(12)13/h6-7H,3-5,8,16H2,1-2H3. The number of fused-ring (bicyclic) bond motifs is 1. The van der Waals surface area contributed by atoms with Gasteiger partial charge in [-0.1, -0.05) is 23.2 Å². The Hall–Kier alpha value is -0.480. The monoisotopic (exact) mass is 288 g/mol. The maximum atomic E-state index is 6.14. The molecule has 18 heavy (non-hydrogen) atoms. The van der Waals surface area contributed by atoms with Crippen molar-refractivity contribution >= 4 is 23.2 Å². The van der Waals surface area contributed by atoms with Crippen molar-refractivity contribution in [3.05, 3.63) is 27.7 Å². The molecule has 5 heteroatoms. The summed E-state index contributed by atoms with van der Waals surface area (Å²) in [4.78, 5) is 2.14. The number of halogens is 2. The van der Waals surface area contributed by atoms with Gasteiger partial charge in [-0.05, 0) is 33.0 Å². The molecular formula is C13H18Cl2N2O. The average molecular weight is 289 g/mol. The van der Waals surface area contributed by atoms with Crippen LogP contribution in [0, 0.1) is 0 Å². The fraction of sp³-hybridized carbons (Fsp3) is 0.538. The first-order chi connectivity index (χ1) is 8.51. The quantitative estimate of drug-likeness (QED) is 0.910. The highest BCUT2D eigenvalue weighted by atomic mass is 35.5. The molecule has 3 nitrogen and oxygen atoms in total. The SMILES string of the molecule is CN(C)C1(CN)CCCOc2cc(Cl)c(Cl)cc21. The van der Waals surface area contributed by atoms with Gasteiger partial charge in [0.05, 0.1) is 22.2 Å². The van der Waals surface area contributed by atoms with Crippen LogP contribution >= 0.6 is 23.2 Å². The van der Waals surface area contributed by atoms with Gasteiger partial charge in [-0.15, -0.1) is 0 Å². The van der Waals surface area contributed by atoms with Crippen LogP contribution in [0.1, 0.15) is 18.4 Å². The van der Waals surface area contributed by atoms with E-state index in [1.54, 1.807) is 6.07 Å². The summed E-state index contributed by atoms with van der Waals surface area (Å²) in [7, 11) is 4.06. The summed E-state index contributed by atoms with van der Waals surface area (Å²) in [5.41, 5.74) is 6.83. The molecule has 0 fully saturated rings. The van der Waals surface area contributed by atoms with E-state index in [0.717, 1.165) is 24.2 Å². The van der Waals surface area contributed by atoms with Gasteiger partial charge in [0.15, 0.2) is 0 Å². The van der Waals surface area contributed by atoms with Crippen LogP contribution in [-0.2, 0) is 5.54 Å². The third kappa shape index (κ3) is 2.21. The summed E-state index contributed by atoms with van der Waals surface area (Å²) in [5, 5.41) is 1.06. The summed E-state index contributed by atoms with van der Waals surface area (Å²) in [6.07, 6.45) is 1.90. The predicted molar refractivity (Wildman–Crippen MR) is 75.6 cm³/mol. The van der Waals surface area contributed by atoms with Crippen molar-refractivity contribution in [3.8, 4) is 5.75 Å². The molecular weight excluding hydrogens is 271 g/mol. The Balaban J connectivity index is 2.63. The highest BCUT2D eigenvalue weighted by molar-refractivity contribution is 6.42. The third-order valence-corrected chi connectivity index (χ3v) is 4.43. The molecule has 0 aromatic heterocycles. The maximum absolute atomic E-state index is 6.14. The first-order valence-corrected chi connectivity index (χ1v) is 6.76. The zero-order chi connectivity index (χ0) is 13.3. The number of benzene rings is 1. The Labute approximate surface area is 118 Å². The van der Waals surface area contributed by atoms with Crippen molar-refractivity contribution in [2.24, 2.45) is 5.73 Å². The van der Waals surface area contributed by atoms with Crippen molar-refractivity contribution in [1.29, 1.82) is 0 Å². The minimum Gasteiger partial charge on any atom is -0.493 e. The van der Waals surface area contributed by atoms with Gasteiger partial charge in [0.2, 0.25) is 0 Å². The number of hydrogen-bond donors (Lipinski definition) is 1. The number of hydrogen-bond acceptors (Lipinski definition) is 3. The highest BCUT2D eigenvalue weighted by Crippen LogP contribution is 2.42. The fourth-order valence-electron chi connectivity index (χ4n) is 2.55. The molecule has 1 aliphatic rings. The first-order valence-electron chi connectivity index (χ1n) is 6.01. The molecule has 0 saturated carbocycles. The normalized spacial score (nSPS) is 23.4. The van der Waals surface area contributed by atoms with E-state index in [1.807, 2.05) is 20.2 Å². The Morgan fingerprint density at radius 3 is 2.61 bits per heavy atom. The fourth-order valence-corrected chi connectivity index (χ4v) is 2.87. The smallest absolute Gasteiger partial charge is 0.125 e. The van der Waals surface area contributed by atoms with Gasteiger partial charge in [-0.25, -0.2) is 0 Å². The van der Waals surface area contributed by atoms with Crippen LogP contribution in [0.4, 0.5) is 0 Å². The van der Waals surface area contributed by atoms with Crippen molar-refractivity contribution in [2.45, 2.75) is 18.4 Å². The van der Waals surface area contributed by atoms with Crippen LogP contribution in [0.3, 0.4) is 0 Å². The largest absolute Gasteiger partial charge is 0.493 e. The van der Waals surface area contributed by atoms with Gasteiger partial charge in [-0.2, -0.15) is 0 Å². The number of ether oxygens (including phenoxy) is 1. The van der Waals surface area contributed by atoms with Gasteiger partial charge in [0, 0.05) is 18.2 Å². The number of likely N-dealkylation sites (N-methyl/N-ethyl adjacent to an activating group) is 1. The number of rotatable bonds is 2. The van der Waals surface area contributed by atoms with Crippen molar-refractivity contribution in [2.75, 3.05) is 27.2 Å². The number of nitrogens with zero attached hydrogens (tertiary/aromatic N) is 1. The van der Waals surface area contributed by atoms with Crippen LogP contribution < -0.4 is 10.5 Å². The van der Waals surface area contributed by atoms with E-state index in [4.69, 9.17) is 33.7 Å². The molecule has 1 aromatic carbocycles. The lowest BCUT2D eigenvalue weighted by molar-refractivity contribution is 0.147. The molecule has 2 N–H and O–H groups in total. The Morgan fingerprint density at radius 1 is 1.33 bits per heavy atom. The van der Waals surface area contributed by atoms with E-state index in [0.29, 0.717) is 23.2 Å². The van der Waals surface area contributed by atoms with E-state index in [-0.39, 0.29) is 5.54 Å². The molecule has 100 valence electrons. The Morgan fingerprint density at radius 2 is 2.00 bits per heavy atom. The molecule has 0 radical (unpaired) electrons. The molecule has 1 aromatic rings. The second kappa shape index (κ2) is 5.25. The molecule has 2 rings (SSSR count). The highest BCUT2D eigenvalue weighted by Gasteiger charge is 2.37. The summed E-state index contributed by atoms with van der Waals surface area (Å²) in [5.74, 6) is 0.793. The van der Waals surface area contributed by atoms with E-state index >= 15 is 0 Å². The van der Waals surface area contributed by atoms with Gasteiger partial charge < -0.3 is 10.5 Å². The van der Waals surface area contributed by atoms with Crippen molar-refractivity contribution in [3.63, 3.8) is 0 Å². The maximum Gasteiger partial charge on any atom is 0.125 e. The topological polar surface area (TPSA) is 38.5 Å². The Kier molecular flexibility index (Phi) is 4.07. The van der Waals surface area contributed by atoms with Crippen LogP contribution in [-0.4, -0.2) is 32.1 Å². The van der Waals surface area contributed by atoms with E-state index in [2.05, 4.69) is 4.90 Å². The summed E-state index contributed by atoms with van der Waals surface area (Å²) >= 11 is 12.2.